The second-order valence-electron chi connectivity index (χ2n) is 8.95. The summed E-state index contributed by atoms with van der Waals surface area (Å²) in [5, 5.41) is 4.08. The van der Waals surface area contributed by atoms with Crippen molar-refractivity contribution in [2.24, 2.45) is 5.92 Å². The van der Waals surface area contributed by atoms with Crippen molar-refractivity contribution in [3.63, 3.8) is 0 Å². The van der Waals surface area contributed by atoms with Gasteiger partial charge in [0.1, 0.15) is 5.58 Å². The van der Waals surface area contributed by atoms with E-state index in [1.54, 1.807) is 11.9 Å². The van der Waals surface area contributed by atoms with Crippen molar-refractivity contribution in [3.8, 4) is 11.1 Å². The van der Waals surface area contributed by atoms with E-state index in [2.05, 4.69) is 10.2 Å². The van der Waals surface area contributed by atoms with Gasteiger partial charge in [-0.25, -0.2) is 0 Å². The Hall–Kier alpha value is -3.12. The molecule has 0 aliphatic carbocycles. The van der Waals surface area contributed by atoms with Gasteiger partial charge in [-0.15, -0.1) is 0 Å². The fraction of sp³-hybridized carbons (Fsp3) is 0.385. The molecule has 2 bridgehead atoms. The number of amides is 2. The van der Waals surface area contributed by atoms with Crippen LogP contribution in [0.5, 0.6) is 0 Å². The molecule has 32 heavy (non-hydrogen) atoms. The lowest BCUT2D eigenvalue weighted by Crippen LogP contribution is -2.57. The lowest BCUT2D eigenvalue weighted by atomic mass is 9.84. The Morgan fingerprint density at radius 1 is 1.12 bits per heavy atom. The number of furan rings is 1. The molecular weight excluding hydrogens is 402 g/mol. The van der Waals surface area contributed by atoms with Crippen LogP contribution in [0.1, 0.15) is 40.7 Å². The van der Waals surface area contributed by atoms with Crippen LogP contribution in [0.4, 0.5) is 0 Å². The third-order valence-corrected chi connectivity index (χ3v) is 6.98. The number of hydrogen-bond donors (Lipinski definition) is 1. The van der Waals surface area contributed by atoms with E-state index < -0.39 is 0 Å². The van der Waals surface area contributed by atoms with Crippen molar-refractivity contribution < 1.29 is 14.0 Å². The minimum atomic E-state index is -0.153. The zero-order valence-corrected chi connectivity index (χ0v) is 18.6. The Morgan fingerprint density at radius 3 is 2.62 bits per heavy atom. The van der Waals surface area contributed by atoms with Gasteiger partial charge in [0, 0.05) is 42.7 Å². The first-order chi connectivity index (χ1) is 15.5. The maximum Gasteiger partial charge on any atom is 0.287 e. The maximum absolute atomic E-state index is 13.0. The first-order valence-electron chi connectivity index (χ1n) is 11.4. The molecular formula is C26H29N3O3. The lowest BCUT2D eigenvalue weighted by Gasteiger charge is -2.44. The molecule has 0 unspecified atom stereocenters. The maximum atomic E-state index is 13.0. The average Bonchev–Trinajstić information content (AvgIpc) is 3.29. The van der Waals surface area contributed by atoms with E-state index in [-0.39, 0.29) is 17.9 Å². The highest BCUT2D eigenvalue weighted by Crippen LogP contribution is 2.32. The summed E-state index contributed by atoms with van der Waals surface area (Å²) in [6, 6.07) is 15.4. The molecule has 2 aromatic carbocycles. The van der Waals surface area contributed by atoms with Crippen LogP contribution >= 0.6 is 0 Å². The van der Waals surface area contributed by atoms with E-state index in [9.17, 15) is 9.59 Å². The van der Waals surface area contributed by atoms with Gasteiger partial charge in [-0.05, 0) is 62.5 Å². The third-order valence-electron chi connectivity index (χ3n) is 6.98. The number of benzene rings is 2. The van der Waals surface area contributed by atoms with Crippen LogP contribution in [0.25, 0.3) is 22.1 Å². The van der Waals surface area contributed by atoms with Gasteiger partial charge in [-0.1, -0.05) is 30.3 Å². The molecule has 0 saturated carbocycles. The highest BCUT2D eigenvalue weighted by molar-refractivity contribution is 6.01. The Morgan fingerprint density at radius 2 is 1.91 bits per heavy atom. The van der Waals surface area contributed by atoms with E-state index in [4.69, 9.17) is 4.42 Å². The molecule has 6 rings (SSSR count). The fourth-order valence-electron chi connectivity index (χ4n) is 4.95. The van der Waals surface area contributed by atoms with Gasteiger partial charge in [-0.3, -0.25) is 9.59 Å². The highest BCUT2D eigenvalue weighted by Gasteiger charge is 2.35. The molecule has 4 heterocycles. The number of carbonyl (C=O) groups is 2. The molecule has 6 nitrogen and oxygen atoms in total. The molecule has 6 heteroatoms. The number of nitrogens with one attached hydrogen (secondary N) is 1. The monoisotopic (exact) mass is 431 g/mol. The molecule has 3 fully saturated rings. The van der Waals surface area contributed by atoms with Gasteiger partial charge in [0.15, 0.2) is 5.76 Å². The molecule has 166 valence electrons. The number of fused-ring (bicyclic) bond motifs is 4. The second-order valence-corrected chi connectivity index (χ2v) is 8.95. The highest BCUT2D eigenvalue weighted by atomic mass is 16.3. The molecule has 3 aliphatic rings. The molecule has 0 spiro atoms. The number of rotatable bonds is 5. The zero-order chi connectivity index (χ0) is 22.2. The minimum Gasteiger partial charge on any atom is -0.450 e. The first-order valence-corrected chi connectivity index (χ1v) is 11.4. The molecule has 1 N–H and O–H groups in total. The normalized spacial score (nSPS) is 22.1. The minimum absolute atomic E-state index is 0.0152. The molecule has 2 amide bonds. The predicted molar refractivity (Wildman–Crippen MR) is 125 cm³/mol. The summed E-state index contributed by atoms with van der Waals surface area (Å²) in [4.78, 5) is 29.7. The quantitative estimate of drug-likeness (QED) is 0.663. The second kappa shape index (κ2) is 8.43. The smallest absolute Gasteiger partial charge is 0.287 e. The van der Waals surface area contributed by atoms with E-state index in [1.165, 1.54) is 0 Å². The van der Waals surface area contributed by atoms with E-state index in [0.717, 1.165) is 49.0 Å². The topological polar surface area (TPSA) is 65.8 Å². The fourth-order valence-corrected chi connectivity index (χ4v) is 4.95. The molecule has 3 saturated heterocycles. The van der Waals surface area contributed by atoms with Crippen molar-refractivity contribution in [3.05, 3.63) is 59.9 Å². The van der Waals surface area contributed by atoms with Gasteiger partial charge < -0.3 is 19.5 Å². The van der Waals surface area contributed by atoms with Crippen LogP contribution < -0.4 is 5.32 Å². The lowest BCUT2D eigenvalue weighted by molar-refractivity contribution is 0.0607. The first kappa shape index (κ1) is 20.8. The summed E-state index contributed by atoms with van der Waals surface area (Å²) < 4.78 is 6.09. The Bertz CT molecular complexity index is 1160. The van der Waals surface area contributed by atoms with E-state index >= 15 is 0 Å². The van der Waals surface area contributed by atoms with E-state index in [0.29, 0.717) is 29.4 Å². The summed E-state index contributed by atoms with van der Waals surface area (Å²) in [5.41, 5.74) is 3.07. The average molecular weight is 432 g/mol. The summed E-state index contributed by atoms with van der Waals surface area (Å²) in [6.45, 7) is 5.80. The van der Waals surface area contributed by atoms with Gasteiger partial charge in [0.25, 0.3) is 11.8 Å². The molecule has 3 aromatic rings. The SMILES string of the molecule is CCN(C)C(=O)c1cccc(-c2cccc3cc(C(=O)N[C@@H]4CN5CCC4CC5)oc23)c1. The van der Waals surface area contributed by atoms with Crippen molar-refractivity contribution in [2.45, 2.75) is 25.8 Å². The number of hydrogen-bond acceptors (Lipinski definition) is 4. The van der Waals surface area contributed by atoms with Gasteiger partial charge >= 0.3 is 0 Å². The summed E-state index contributed by atoms with van der Waals surface area (Å²) in [5.74, 6) is 0.727. The summed E-state index contributed by atoms with van der Waals surface area (Å²) >= 11 is 0. The third kappa shape index (κ3) is 3.79. The Kier molecular flexibility index (Phi) is 5.47. The largest absolute Gasteiger partial charge is 0.450 e. The molecule has 1 aromatic heterocycles. The van der Waals surface area contributed by atoms with Gasteiger partial charge in [0.2, 0.25) is 0 Å². The van der Waals surface area contributed by atoms with Crippen LogP contribution in [0.15, 0.2) is 52.9 Å². The van der Waals surface area contributed by atoms with Crippen molar-refractivity contribution >= 4 is 22.8 Å². The van der Waals surface area contributed by atoms with Gasteiger partial charge in [0.05, 0.1) is 0 Å². The van der Waals surface area contributed by atoms with Crippen LogP contribution in [-0.4, -0.2) is 60.9 Å². The molecule has 0 radical (unpaired) electrons. The predicted octanol–water partition coefficient (Wildman–Crippen LogP) is 4.02. The summed E-state index contributed by atoms with van der Waals surface area (Å²) in [7, 11) is 1.79. The number of piperidine rings is 3. The van der Waals surface area contributed by atoms with E-state index in [1.807, 2.05) is 55.5 Å². The zero-order valence-electron chi connectivity index (χ0n) is 18.6. The van der Waals surface area contributed by atoms with Crippen molar-refractivity contribution in [2.75, 3.05) is 33.2 Å². The van der Waals surface area contributed by atoms with Gasteiger partial charge in [-0.2, -0.15) is 0 Å². The number of para-hydroxylation sites is 1. The number of nitrogens with zero attached hydrogens (tertiary/aromatic N) is 2. The van der Waals surface area contributed by atoms with Crippen LogP contribution in [0.2, 0.25) is 0 Å². The number of carbonyl (C=O) groups excluding carboxylic acids is 2. The Labute approximate surface area is 188 Å². The Balaban J connectivity index is 1.43. The standard InChI is InChI=1S/C26H29N3O3/c1-3-28(2)26(31)20-8-4-6-18(14-20)21-9-5-7-19-15-23(32-24(19)21)25(30)27-22-16-29-12-10-17(22)11-13-29/h4-9,14-15,17,22H,3,10-13,16H2,1-2H3,(H,27,30)/t22-/m1/s1. The van der Waals surface area contributed by atoms with Crippen molar-refractivity contribution in [1.29, 1.82) is 0 Å². The van der Waals surface area contributed by atoms with Crippen LogP contribution in [0.3, 0.4) is 0 Å². The van der Waals surface area contributed by atoms with Crippen LogP contribution in [0, 0.1) is 5.92 Å². The molecule has 1 atom stereocenters. The summed E-state index contributed by atoms with van der Waals surface area (Å²) in [6.07, 6.45) is 2.30. The van der Waals surface area contributed by atoms with Crippen molar-refractivity contribution in [1.82, 2.24) is 15.1 Å². The molecule has 3 aliphatic heterocycles. The van der Waals surface area contributed by atoms with Crippen LogP contribution in [-0.2, 0) is 0 Å².